The van der Waals surface area contributed by atoms with Crippen LogP contribution in [0.3, 0.4) is 0 Å². The first kappa shape index (κ1) is 17.5. The van der Waals surface area contributed by atoms with Crippen LogP contribution in [0.15, 0.2) is 18.2 Å². The molecule has 2 rings (SSSR count). The molecule has 1 aliphatic rings. The molecular weight excluding hydrogens is 284 g/mol. The van der Waals surface area contributed by atoms with Crippen molar-refractivity contribution >= 4 is 13.9 Å². The van der Waals surface area contributed by atoms with Gasteiger partial charge >= 0.3 is 0 Å². The largest absolute Gasteiger partial charge is 0.294 e. The van der Waals surface area contributed by atoms with Gasteiger partial charge in [-0.05, 0) is 30.4 Å². The van der Waals surface area contributed by atoms with Gasteiger partial charge in [-0.25, -0.2) is 0 Å². The maximum absolute atomic E-state index is 12.9. The minimum atomic E-state index is -1.11. The van der Waals surface area contributed by atoms with Gasteiger partial charge < -0.3 is 0 Å². The highest BCUT2D eigenvalue weighted by atomic mass is 28.3. The summed E-state index contributed by atoms with van der Waals surface area (Å²) in [5.41, 5.74) is 3.50. The van der Waals surface area contributed by atoms with E-state index in [4.69, 9.17) is 0 Å². The molecule has 0 spiro atoms. The molecule has 0 unspecified atom stereocenters. The molecule has 0 saturated carbocycles. The van der Waals surface area contributed by atoms with Crippen LogP contribution in [-0.4, -0.2) is 13.9 Å². The van der Waals surface area contributed by atoms with Gasteiger partial charge in [-0.15, -0.1) is 0 Å². The summed E-state index contributed by atoms with van der Waals surface area (Å²) in [5.74, 6) is 0.376. The average molecular weight is 317 g/mol. The second-order valence-electron chi connectivity index (χ2n) is 7.72. The van der Waals surface area contributed by atoms with Crippen LogP contribution < -0.4 is 0 Å². The fourth-order valence-electron chi connectivity index (χ4n) is 3.94. The zero-order chi connectivity index (χ0) is 16.4. The molecule has 0 amide bonds. The molecular formula is C20H32OSi. The first-order chi connectivity index (χ1) is 10.4. The maximum atomic E-state index is 12.9. The number of carbonyl (C=O) groups is 1. The van der Waals surface area contributed by atoms with Crippen molar-refractivity contribution in [3.8, 4) is 0 Å². The Kier molecular flexibility index (Phi) is 5.32. The number of hydrogen-bond donors (Lipinski definition) is 0. The average Bonchev–Trinajstić information content (AvgIpc) is 2.53. The fraction of sp³-hybridized carbons (Fsp3) is 0.650. The van der Waals surface area contributed by atoms with Crippen molar-refractivity contribution in [2.24, 2.45) is 5.41 Å². The summed E-state index contributed by atoms with van der Waals surface area (Å²) < 4.78 is 0. The summed E-state index contributed by atoms with van der Waals surface area (Å²) in [6.07, 6.45) is 3.15. The number of rotatable bonds is 6. The molecule has 2 heteroatoms. The maximum Gasteiger partial charge on any atom is 0.169 e. The van der Waals surface area contributed by atoms with Gasteiger partial charge in [-0.1, -0.05) is 77.0 Å². The lowest BCUT2D eigenvalue weighted by Gasteiger charge is -2.32. The number of Topliss-reactive ketones (excluding diaryl/α,β-unsaturated/α-hetero) is 1. The number of ketones is 1. The van der Waals surface area contributed by atoms with Gasteiger partial charge in [0.15, 0.2) is 5.78 Å². The molecule has 0 N–H and O–H groups in total. The molecule has 0 bridgehead atoms. The molecule has 0 radical (unpaired) electrons. The second-order valence-corrected chi connectivity index (χ2v) is 13.3. The van der Waals surface area contributed by atoms with Crippen molar-refractivity contribution in [2.45, 2.75) is 78.1 Å². The van der Waals surface area contributed by atoms with E-state index in [0.717, 1.165) is 24.8 Å². The van der Waals surface area contributed by atoms with Gasteiger partial charge in [0.2, 0.25) is 0 Å². The van der Waals surface area contributed by atoms with Crippen LogP contribution in [0, 0.1) is 5.41 Å². The van der Waals surface area contributed by atoms with E-state index in [0.29, 0.717) is 5.78 Å². The van der Waals surface area contributed by atoms with E-state index < -0.39 is 8.07 Å². The smallest absolute Gasteiger partial charge is 0.169 e. The Morgan fingerprint density at radius 3 is 2.32 bits per heavy atom. The van der Waals surface area contributed by atoms with Gasteiger partial charge in [-0.2, -0.15) is 0 Å². The van der Waals surface area contributed by atoms with Crippen molar-refractivity contribution in [2.75, 3.05) is 0 Å². The zero-order valence-corrected chi connectivity index (χ0v) is 16.1. The van der Waals surface area contributed by atoms with Crippen molar-refractivity contribution in [1.29, 1.82) is 0 Å². The molecule has 0 saturated heterocycles. The van der Waals surface area contributed by atoms with Gasteiger partial charge in [0.1, 0.15) is 0 Å². The van der Waals surface area contributed by atoms with Crippen molar-refractivity contribution in [3.05, 3.63) is 34.9 Å². The van der Waals surface area contributed by atoms with Crippen LogP contribution >= 0.6 is 0 Å². The van der Waals surface area contributed by atoms with E-state index >= 15 is 0 Å². The topological polar surface area (TPSA) is 17.1 Å². The highest BCUT2D eigenvalue weighted by molar-refractivity contribution is 6.79. The quantitative estimate of drug-likeness (QED) is 0.598. The summed E-state index contributed by atoms with van der Waals surface area (Å²) in [5, 5.41) is 0. The summed E-state index contributed by atoms with van der Waals surface area (Å²) in [4.78, 5) is 12.9. The lowest BCUT2D eigenvalue weighted by molar-refractivity contribution is 0.0810. The lowest BCUT2D eigenvalue weighted by atomic mass is 9.72. The number of carbonyl (C=O) groups excluding carboxylic acids is 1. The molecule has 1 aromatic carbocycles. The summed E-state index contributed by atoms with van der Waals surface area (Å²) in [6.45, 7) is 11.3. The van der Waals surface area contributed by atoms with Gasteiger partial charge in [0.25, 0.3) is 0 Å². The highest BCUT2D eigenvalue weighted by Gasteiger charge is 2.36. The van der Waals surface area contributed by atoms with Crippen molar-refractivity contribution in [1.82, 2.24) is 0 Å². The van der Waals surface area contributed by atoms with E-state index in [9.17, 15) is 4.79 Å². The van der Waals surface area contributed by atoms with E-state index in [-0.39, 0.29) is 5.41 Å². The Labute approximate surface area is 137 Å². The number of fused-ring (bicyclic) bond motifs is 1. The molecule has 122 valence electrons. The third-order valence-corrected chi connectivity index (χ3v) is 12.1. The fourth-order valence-corrected chi connectivity index (χ4v) is 7.30. The van der Waals surface area contributed by atoms with Gasteiger partial charge in [0, 0.05) is 11.0 Å². The van der Waals surface area contributed by atoms with Crippen LogP contribution in [-0.2, 0) is 12.8 Å². The Morgan fingerprint density at radius 1 is 1.09 bits per heavy atom. The van der Waals surface area contributed by atoms with Crippen LogP contribution in [0.2, 0.25) is 24.2 Å². The van der Waals surface area contributed by atoms with E-state index in [1.54, 1.807) is 0 Å². The molecule has 1 aliphatic carbocycles. The standard InChI is InChI=1S/C20H32OSi/c1-6-22(7-2,8-3)15-13-17-11-9-10-16-12-14-20(4,5)19(21)18(16)17/h9-11H,6-8,12-15H2,1-5H3. The zero-order valence-electron chi connectivity index (χ0n) is 15.1. The Balaban J connectivity index is 2.29. The normalized spacial score (nSPS) is 17.4. The third-order valence-electron chi connectivity index (χ3n) is 6.27. The summed E-state index contributed by atoms with van der Waals surface area (Å²) >= 11 is 0. The summed E-state index contributed by atoms with van der Waals surface area (Å²) in [6, 6.07) is 12.0. The first-order valence-corrected chi connectivity index (χ1v) is 11.9. The third kappa shape index (κ3) is 3.22. The van der Waals surface area contributed by atoms with Crippen LogP contribution in [0.25, 0.3) is 0 Å². The second kappa shape index (κ2) is 6.70. The molecule has 22 heavy (non-hydrogen) atoms. The molecule has 0 heterocycles. The van der Waals surface area contributed by atoms with Crippen molar-refractivity contribution < 1.29 is 4.79 Å². The Morgan fingerprint density at radius 2 is 1.73 bits per heavy atom. The van der Waals surface area contributed by atoms with Crippen molar-refractivity contribution in [3.63, 3.8) is 0 Å². The molecule has 1 aromatic rings. The Bertz CT molecular complexity index is 532. The monoisotopic (exact) mass is 316 g/mol. The first-order valence-electron chi connectivity index (χ1n) is 9.04. The number of benzene rings is 1. The number of aryl methyl sites for hydroxylation is 2. The predicted octanol–water partition coefficient (Wildman–Crippen LogP) is 5.89. The minimum absolute atomic E-state index is 0.183. The molecule has 0 atom stereocenters. The molecule has 0 aliphatic heterocycles. The van der Waals surface area contributed by atoms with E-state index in [2.05, 4.69) is 52.8 Å². The van der Waals surface area contributed by atoms with Gasteiger partial charge in [0.05, 0.1) is 8.07 Å². The summed E-state index contributed by atoms with van der Waals surface area (Å²) in [7, 11) is -1.11. The SMILES string of the molecule is CC[Si](CC)(CC)CCc1cccc2c1C(=O)C(C)(C)CC2. The predicted molar refractivity (Wildman–Crippen MR) is 98.6 cm³/mol. The van der Waals surface area contributed by atoms with Crippen LogP contribution in [0.1, 0.15) is 62.5 Å². The lowest BCUT2D eigenvalue weighted by Crippen LogP contribution is -2.33. The highest BCUT2D eigenvalue weighted by Crippen LogP contribution is 2.37. The Hall–Kier alpha value is -0.893. The molecule has 1 nitrogen and oxygen atoms in total. The van der Waals surface area contributed by atoms with E-state index in [1.165, 1.54) is 35.3 Å². The minimum Gasteiger partial charge on any atom is -0.294 e. The molecule has 0 fully saturated rings. The molecule has 0 aromatic heterocycles. The number of hydrogen-bond acceptors (Lipinski definition) is 1. The van der Waals surface area contributed by atoms with E-state index in [1.807, 2.05) is 0 Å². The van der Waals surface area contributed by atoms with Crippen LogP contribution in [0.5, 0.6) is 0 Å². The van der Waals surface area contributed by atoms with Gasteiger partial charge in [-0.3, -0.25) is 4.79 Å². The van der Waals surface area contributed by atoms with Crippen LogP contribution in [0.4, 0.5) is 0 Å².